The summed E-state index contributed by atoms with van der Waals surface area (Å²) < 4.78 is 5.43. The van der Waals surface area contributed by atoms with E-state index < -0.39 is 0 Å². The summed E-state index contributed by atoms with van der Waals surface area (Å²) >= 11 is 0. The largest absolute Gasteiger partial charge is 0.381 e. The Kier molecular flexibility index (Phi) is 4.60. The van der Waals surface area contributed by atoms with E-state index in [1.807, 2.05) is 0 Å². The first-order valence-electron chi connectivity index (χ1n) is 6.45. The molecule has 0 aromatic carbocycles. The Hall–Kier alpha value is -0.610. The van der Waals surface area contributed by atoms with E-state index >= 15 is 0 Å². The highest BCUT2D eigenvalue weighted by molar-refractivity contribution is 5.81. The quantitative estimate of drug-likeness (QED) is 0.743. The standard InChI is InChI=1S/C12H22N2O2/c15-12-11(5-1-2-6-13-12)14-8-10-4-3-7-16-9-10/h10-11,14H,1-9H2,(H,13,15). The van der Waals surface area contributed by atoms with Gasteiger partial charge in [0, 0.05) is 19.7 Å². The molecule has 4 nitrogen and oxygen atoms in total. The SMILES string of the molecule is O=C1NCCCCC1NCC1CCCOC1. The topological polar surface area (TPSA) is 50.4 Å². The molecule has 2 heterocycles. The Morgan fingerprint density at radius 2 is 2.25 bits per heavy atom. The average molecular weight is 226 g/mol. The summed E-state index contributed by atoms with van der Waals surface area (Å²) in [6, 6.07) is 0.0180. The molecule has 2 N–H and O–H groups in total. The molecule has 2 aliphatic heterocycles. The van der Waals surface area contributed by atoms with Crippen LogP contribution in [0.25, 0.3) is 0 Å². The van der Waals surface area contributed by atoms with Gasteiger partial charge in [0.05, 0.1) is 12.6 Å². The minimum atomic E-state index is 0.0180. The van der Waals surface area contributed by atoms with Crippen molar-refractivity contribution in [3.63, 3.8) is 0 Å². The smallest absolute Gasteiger partial charge is 0.237 e. The third-order valence-electron chi connectivity index (χ3n) is 3.44. The number of ether oxygens (including phenoxy) is 1. The first-order valence-corrected chi connectivity index (χ1v) is 6.45. The minimum Gasteiger partial charge on any atom is -0.381 e. The summed E-state index contributed by atoms with van der Waals surface area (Å²) in [6.45, 7) is 3.50. The zero-order chi connectivity index (χ0) is 11.2. The maximum Gasteiger partial charge on any atom is 0.237 e. The van der Waals surface area contributed by atoms with Crippen LogP contribution in [0.2, 0.25) is 0 Å². The second-order valence-electron chi connectivity index (χ2n) is 4.83. The van der Waals surface area contributed by atoms with Crippen molar-refractivity contribution in [2.75, 3.05) is 26.3 Å². The Balaban J connectivity index is 1.72. The molecular formula is C12H22N2O2. The van der Waals surface area contributed by atoms with Gasteiger partial charge in [-0.05, 0) is 38.0 Å². The summed E-state index contributed by atoms with van der Waals surface area (Å²) in [7, 11) is 0. The minimum absolute atomic E-state index is 0.0180. The van der Waals surface area contributed by atoms with Crippen molar-refractivity contribution in [1.82, 2.24) is 10.6 Å². The zero-order valence-electron chi connectivity index (χ0n) is 9.84. The summed E-state index contributed by atoms with van der Waals surface area (Å²) in [5.74, 6) is 0.763. The molecule has 92 valence electrons. The van der Waals surface area contributed by atoms with Gasteiger partial charge in [-0.3, -0.25) is 4.79 Å². The van der Waals surface area contributed by atoms with Crippen molar-refractivity contribution >= 4 is 5.91 Å². The lowest BCUT2D eigenvalue weighted by Crippen LogP contribution is -2.45. The molecule has 0 saturated carbocycles. The van der Waals surface area contributed by atoms with Crippen molar-refractivity contribution in [3.8, 4) is 0 Å². The molecule has 2 aliphatic rings. The number of hydrogen-bond acceptors (Lipinski definition) is 3. The molecule has 0 aromatic heterocycles. The second kappa shape index (κ2) is 6.21. The van der Waals surface area contributed by atoms with Crippen molar-refractivity contribution in [2.45, 2.75) is 38.1 Å². The van der Waals surface area contributed by atoms with Gasteiger partial charge in [-0.1, -0.05) is 0 Å². The molecular weight excluding hydrogens is 204 g/mol. The number of amides is 1. The molecule has 2 saturated heterocycles. The molecule has 0 aliphatic carbocycles. The van der Waals surface area contributed by atoms with E-state index in [0.29, 0.717) is 5.92 Å². The van der Waals surface area contributed by atoms with Crippen LogP contribution >= 0.6 is 0 Å². The third-order valence-corrected chi connectivity index (χ3v) is 3.44. The predicted molar refractivity (Wildman–Crippen MR) is 62.2 cm³/mol. The van der Waals surface area contributed by atoms with Gasteiger partial charge >= 0.3 is 0 Å². The molecule has 2 unspecified atom stereocenters. The molecule has 16 heavy (non-hydrogen) atoms. The van der Waals surface area contributed by atoms with Crippen molar-refractivity contribution in [3.05, 3.63) is 0 Å². The van der Waals surface area contributed by atoms with Crippen molar-refractivity contribution < 1.29 is 9.53 Å². The lowest BCUT2D eigenvalue weighted by molar-refractivity contribution is -0.122. The van der Waals surface area contributed by atoms with Gasteiger partial charge in [-0.15, -0.1) is 0 Å². The Labute approximate surface area is 97.1 Å². The van der Waals surface area contributed by atoms with Crippen LogP contribution in [-0.4, -0.2) is 38.3 Å². The Morgan fingerprint density at radius 1 is 1.31 bits per heavy atom. The molecule has 1 amide bonds. The van der Waals surface area contributed by atoms with E-state index in [1.165, 1.54) is 6.42 Å². The molecule has 0 radical (unpaired) electrons. The first-order chi connectivity index (χ1) is 7.86. The zero-order valence-corrected chi connectivity index (χ0v) is 9.84. The fourth-order valence-electron chi connectivity index (χ4n) is 2.41. The third kappa shape index (κ3) is 3.46. The molecule has 2 atom stereocenters. The maximum atomic E-state index is 11.7. The van der Waals surface area contributed by atoms with Crippen molar-refractivity contribution in [2.24, 2.45) is 5.92 Å². The lowest BCUT2D eigenvalue weighted by atomic mass is 10.0. The lowest BCUT2D eigenvalue weighted by Gasteiger charge is -2.24. The van der Waals surface area contributed by atoms with E-state index in [4.69, 9.17) is 4.74 Å². The highest BCUT2D eigenvalue weighted by Crippen LogP contribution is 2.13. The van der Waals surface area contributed by atoms with Crippen LogP contribution in [0.3, 0.4) is 0 Å². The van der Waals surface area contributed by atoms with Crippen LogP contribution in [0, 0.1) is 5.92 Å². The van der Waals surface area contributed by atoms with E-state index in [9.17, 15) is 4.79 Å². The van der Waals surface area contributed by atoms with Crippen LogP contribution in [0.4, 0.5) is 0 Å². The fraction of sp³-hybridized carbons (Fsp3) is 0.917. The molecule has 2 rings (SSSR count). The van der Waals surface area contributed by atoms with Crippen LogP contribution < -0.4 is 10.6 Å². The first kappa shape index (κ1) is 11.9. The number of nitrogens with one attached hydrogen (secondary N) is 2. The second-order valence-corrected chi connectivity index (χ2v) is 4.83. The van der Waals surface area contributed by atoms with Crippen molar-refractivity contribution in [1.29, 1.82) is 0 Å². The van der Waals surface area contributed by atoms with E-state index in [2.05, 4.69) is 10.6 Å². The molecule has 2 fully saturated rings. The molecule has 0 aromatic rings. The summed E-state index contributed by atoms with van der Waals surface area (Å²) in [5.41, 5.74) is 0. The summed E-state index contributed by atoms with van der Waals surface area (Å²) in [6.07, 6.45) is 5.60. The van der Waals surface area contributed by atoms with Gasteiger partial charge < -0.3 is 15.4 Å². The van der Waals surface area contributed by atoms with Crippen LogP contribution in [0.5, 0.6) is 0 Å². The van der Waals surface area contributed by atoms with Crippen LogP contribution in [0.1, 0.15) is 32.1 Å². The van der Waals surface area contributed by atoms with Gasteiger partial charge in [-0.2, -0.15) is 0 Å². The highest BCUT2D eigenvalue weighted by Gasteiger charge is 2.22. The number of carbonyl (C=O) groups is 1. The fourth-order valence-corrected chi connectivity index (χ4v) is 2.41. The Morgan fingerprint density at radius 3 is 3.06 bits per heavy atom. The van der Waals surface area contributed by atoms with Gasteiger partial charge in [0.1, 0.15) is 0 Å². The molecule has 4 heteroatoms. The van der Waals surface area contributed by atoms with Gasteiger partial charge in [0.15, 0.2) is 0 Å². The highest BCUT2D eigenvalue weighted by atomic mass is 16.5. The van der Waals surface area contributed by atoms with Gasteiger partial charge in [0.2, 0.25) is 5.91 Å². The molecule has 0 bridgehead atoms. The predicted octanol–water partition coefficient (Wildman–Crippen LogP) is 0.671. The van der Waals surface area contributed by atoms with Crippen LogP contribution in [0.15, 0.2) is 0 Å². The number of carbonyl (C=O) groups excluding carboxylic acids is 1. The van der Waals surface area contributed by atoms with E-state index in [-0.39, 0.29) is 11.9 Å². The van der Waals surface area contributed by atoms with Gasteiger partial charge in [0.25, 0.3) is 0 Å². The Bertz CT molecular complexity index is 227. The summed E-state index contributed by atoms with van der Waals surface area (Å²) in [4.78, 5) is 11.7. The normalized spacial score (nSPS) is 31.9. The summed E-state index contributed by atoms with van der Waals surface area (Å²) in [5, 5.41) is 6.34. The van der Waals surface area contributed by atoms with E-state index in [0.717, 1.165) is 52.0 Å². The molecule has 0 spiro atoms. The number of hydrogen-bond donors (Lipinski definition) is 2. The average Bonchev–Trinajstić information content (AvgIpc) is 2.53. The monoisotopic (exact) mass is 226 g/mol. The van der Waals surface area contributed by atoms with Crippen LogP contribution in [-0.2, 0) is 9.53 Å². The number of rotatable bonds is 3. The van der Waals surface area contributed by atoms with E-state index in [1.54, 1.807) is 0 Å². The maximum absolute atomic E-state index is 11.7. The van der Waals surface area contributed by atoms with Gasteiger partial charge in [-0.25, -0.2) is 0 Å².